The van der Waals surface area contributed by atoms with Crippen LogP contribution in [0.25, 0.3) is 0 Å². The van der Waals surface area contributed by atoms with Crippen LogP contribution in [0, 0.1) is 18.3 Å². The summed E-state index contributed by atoms with van der Waals surface area (Å²) in [5, 5.41) is 8.81. The first-order chi connectivity index (χ1) is 12.9. The number of thiophene rings is 1. The second kappa shape index (κ2) is 8.21. The monoisotopic (exact) mass is 403 g/mol. The Labute approximate surface area is 163 Å². The quantitative estimate of drug-likeness (QED) is 0.768. The first-order valence-corrected chi connectivity index (χ1v) is 11.0. The summed E-state index contributed by atoms with van der Waals surface area (Å²) in [5.74, 6) is 0.0309. The molecule has 1 aromatic carbocycles. The second-order valence-electron chi connectivity index (χ2n) is 6.46. The summed E-state index contributed by atoms with van der Waals surface area (Å²) in [7, 11) is -3.46. The van der Waals surface area contributed by atoms with Crippen LogP contribution < -0.4 is 0 Å². The number of nitrogens with zero attached hydrogens (tertiary/aromatic N) is 3. The molecule has 0 saturated carbocycles. The molecule has 0 unspecified atom stereocenters. The Morgan fingerprint density at radius 2 is 1.78 bits per heavy atom. The maximum absolute atomic E-state index is 12.7. The van der Waals surface area contributed by atoms with Crippen molar-refractivity contribution in [1.29, 1.82) is 5.26 Å². The topological polar surface area (TPSA) is 81.5 Å². The van der Waals surface area contributed by atoms with E-state index in [-0.39, 0.29) is 5.91 Å². The van der Waals surface area contributed by atoms with Crippen molar-refractivity contribution in [3.8, 4) is 6.07 Å². The van der Waals surface area contributed by atoms with Gasteiger partial charge in [0.25, 0.3) is 10.0 Å². The number of nitriles is 1. The van der Waals surface area contributed by atoms with Gasteiger partial charge in [-0.05, 0) is 43.2 Å². The number of aryl methyl sites for hydroxylation is 2. The first-order valence-electron chi connectivity index (χ1n) is 8.73. The van der Waals surface area contributed by atoms with Crippen LogP contribution in [0.2, 0.25) is 0 Å². The van der Waals surface area contributed by atoms with E-state index in [1.165, 1.54) is 15.6 Å². The largest absolute Gasteiger partial charge is 0.340 e. The second-order valence-corrected chi connectivity index (χ2v) is 9.91. The van der Waals surface area contributed by atoms with Crippen LogP contribution in [0.1, 0.15) is 22.4 Å². The highest BCUT2D eigenvalue weighted by Crippen LogP contribution is 2.25. The molecule has 1 aliphatic heterocycles. The fraction of sp³-hybridized carbons (Fsp3) is 0.368. The van der Waals surface area contributed by atoms with Crippen molar-refractivity contribution in [3.63, 3.8) is 0 Å². The van der Waals surface area contributed by atoms with Crippen molar-refractivity contribution >= 4 is 27.3 Å². The molecule has 0 radical (unpaired) electrons. The summed E-state index contributed by atoms with van der Waals surface area (Å²) in [6.45, 7) is 3.35. The number of piperazine rings is 1. The lowest BCUT2D eigenvalue weighted by atomic mass is 10.1. The molecule has 0 spiro atoms. The molecular formula is C19H21N3O3S2. The van der Waals surface area contributed by atoms with Crippen LogP contribution in [0.15, 0.2) is 40.6 Å². The van der Waals surface area contributed by atoms with E-state index >= 15 is 0 Å². The zero-order chi connectivity index (χ0) is 19.4. The van der Waals surface area contributed by atoms with E-state index in [1.54, 1.807) is 29.2 Å². The van der Waals surface area contributed by atoms with Gasteiger partial charge >= 0.3 is 0 Å². The van der Waals surface area contributed by atoms with Crippen molar-refractivity contribution in [3.05, 3.63) is 52.4 Å². The standard InChI is InChI=1S/C19H21N3O3S2/c1-15-2-9-19(26-15)27(24,25)22-12-10-21(11-13-22)18(23)8-7-16-3-5-17(14-20)6-4-16/h2-6,9H,7-8,10-13H2,1H3. The van der Waals surface area contributed by atoms with Crippen molar-refractivity contribution < 1.29 is 13.2 Å². The van der Waals surface area contributed by atoms with Gasteiger partial charge in [0, 0.05) is 37.5 Å². The van der Waals surface area contributed by atoms with E-state index in [4.69, 9.17) is 5.26 Å². The van der Waals surface area contributed by atoms with Crippen LogP contribution in [0.3, 0.4) is 0 Å². The number of carbonyl (C=O) groups excluding carboxylic acids is 1. The normalized spacial score (nSPS) is 15.5. The van der Waals surface area contributed by atoms with Gasteiger partial charge in [-0.25, -0.2) is 8.42 Å². The molecule has 1 aliphatic rings. The van der Waals surface area contributed by atoms with Gasteiger partial charge in [0.05, 0.1) is 11.6 Å². The number of rotatable bonds is 5. The van der Waals surface area contributed by atoms with Gasteiger partial charge < -0.3 is 4.90 Å². The maximum Gasteiger partial charge on any atom is 0.252 e. The fourth-order valence-corrected chi connectivity index (χ4v) is 5.87. The van der Waals surface area contributed by atoms with Gasteiger partial charge in [-0.2, -0.15) is 9.57 Å². The van der Waals surface area contributed by atoms with E-state index in [2.05, 4.69) is 6.07 Å². The van der Waals surface area contributed by atoms with Crippen molar-refractivity contribution in [2.45, 2.75) is 24.0 Å². The molecule has 1 aromatic heterocycles. The fourth-order valence-electron chi connectivity index (χ4n) is 3.01. The number of benzene rings is 1. The van der Waals surface area contributed by atoms with Gasteiger partial charge in [-0.1, -0.05) is 12.1 Å². The van der Waals surface area contributed by atoms with Gasteiger partial charge in [-0.3, -0.25) is 4.79 Å². The average molecular weight is 404 g/mol. The van der Waals surface area contributed by atoms with E-state index in [1.807, 2.05) is 19.1 Å². The number of hydrogen-bond donors (Lipinski definition) is 0. The Morgan fingerprint density at radius 1 is 1.11 bits per heavy atom. The Morgan fingerprint density at radius 3 is 2.33 bits per heavy atom. The molecule has 6 nitrogen and oxygen atoms in total. The molecule has 27 heavy (non-hydrogen) atoms. The molecule has 3 rings (SSSR count). The maximum atomic E-state index is 12.7. The molecule has 142 valence electrons. The number of sulfonamides is 1. The number of amides is 1. The lowest BCUT2D eigenvalue weighted by Gasteiger charge is -2.33. The summed E-state index contributed by atoms with van der Waals surface area (Å²) in [6, 6.07) is 12.7. The zero-order valence-electron chi connectivity index (χ0n) is 15.1. The predicted octanol–water partition coefficient (Wildman–Crippen LogP) is 2.39. The summed E-state index contributed by atoms with van der Waals surface area (Å²) in [4.78, 5) is 15.1. The SMILES string of the molecule is Cc1ccc(S(=O)(=O)N2CCN(C(=O)CCc3ccc(C#N)cc3)CC2)s1. The molecule has 1 amide bonds. The summed E-state index contributed by atoms with van der Waals surface area (Å²) in [5.41, 5.74) is 1.61. The first kappa shape index (κ1) is 19.5. The van der Waals surface area contributed by atoms with Crippen molar-refractivity contribution in [2.24, 2.45) is 0 Å². The Kier molecular flexibility index (Phi) is 5.95. The van der Waals surface area contributed by atoms with Gasteiger partial charge in [0.2, 0.25) is 5.91 Å². The predicted molar refractivity (Wildman–Crippen MR) is 104 cm³/mol. The van der Waals surface area contributed by atoms with Crippen molar-refractivity contribution in [2.75, 3.05) is 26.2 Å². The lowest BCUT2D eigenvalue weighted by molar-refractivity contribution is -0.132. The Bertz CT molecular complexity index is 951. The van der Waals surface area contributed by atoms with E-state index in [9.17, 15) is 13.2 Å². The van der Waals surface area contributed by atoms with Crippen LogP contribution >= 0.6 is 11.3 Å². The summed E-state index contributed by atoms with van der Waals surface area (Å²) >= 11 is 1.27. The number of carbonyl (C=O) groups is 1. The molecule has 0 aliphatic carbocycles. The van der Waals surface area contributed by atoms with Gasteiger partial charge in [0.1, 0.15) is 4.21 Å². The molecule has 8 heteroatoms. The molecule has 1 fully saturated rings. The molecule has 0 bridgehead atoms. The van der Waals surface area contributed by atoms with Crippen LogP contribution in [-0.2, 0) is 21.2 Å². The third-order valence-corrected chi connectivity index (χ3v) is 7.98. The van der Waals surface area contributed by atoms with Crippen molar-refractivity contribution in [1.82, 2.24) is 9.21 Å². The minimum Gasteiger partial charge on any atom is -0.340 e. The third kappa shape index (κ3) is 4.56. The van der Waals surface area contributed by atoms with Crippen LogP contribution in [0.5, 0.6) is 0 Å². The minimum absolute atomic E-state index is 0.0309. The highest BCUT2D eigenvalue weighted by atomic mass is 32.2. The average Bonchev–Trinajstić information content (AvgIpc) is 3.14. The molecule has 0 atom stereocenters. The highest BCUT2D eigenvalue weighted by Gasteiger charge is 2.30. The molecule has 1 saturated heterocycles. The van der Waals surface area contributed by atoms with E-state index < -0.39 is 10.0 Å². The molecule has 0 N–H and O–H groups in total. The van der Waals surface area contributed by atoms with E-state index in [0.717, 1.165) is 10.4 Å². The smallest absolute Gasteiger partial charge is 0.252 e. The summed E-state index contributed by atoms with van der Waals surface area (Å²) in [6.07, 6.45) is 0.986. The Hall–Kier alpha value is -2.21. The lowest BCUT2D eigenvalue weighted by Crippen LogP contribution is -2.50. The number of hydrogen-bond acceptors (Lipinski definition) is 5. The van der Waals surface area contributed by atoms with Crippen LogP contribution in [0.4, 0.5) is 0 Å². The third-order valence-electron chi connectivity index (χ3n) is 4.61. The minimum atomic E-state index is -3.46. The molecular weight excluding hydrogens is 382 g/mol. The molecule has 2 aromatic rings. The Balaban J connectivity index is 1.52. The van der Waals surface area contributed by atoms with Crippen LogP contribution in [-0.4, -0.2) is 49.7 Å². The van der Waals surface area contributed by atoms with E-state index in [0.29, 0.717) is 48.8 Å². The summed E-state index contributed by atoms with van der Waals surface area (Å²) < 4.78 is 27.1. The molecule has 2 heterocycles. The zero-order valence-corrected chi connectivity index (χ0v) is 16.7. The van der Waals surface area contributed by atoms with Gasteiger partial charge in [-0.15, -0.1) is 11.3 Å². The van der Waals surface area contributed by atoms with Gasteiger partial charge in [0.15, 0.2) is 0 Å². The highest BCUT2D eigenvalue weighted by molar-refractivity contribution is 7.91.